The van der Waals surface area contributed by atoms with Gasteiger partial charge in [-0.25, -0.2) is 0 Å². The summed E-state index contributed by atoms with van der Waals surface area (Å²) in [5, 5.41) is 9.41. The molecule has 242 valence electrons. The fraction of sp³-hybridized carbons (Fsp3) is 0. The Morgan fingerprint density at radius 2 is 0.885 bits per heavy atom. The second kappa shape index (κ2) is 10.3. The summed E-state index contributed by atoms with van der Waals surface area (Å²) in [6.45, 7) is 0. The van der Waals surface area contributed by atoms with Crippen LogP contribution in [0.5, 0.6) is 0 Å². The van der Waals surface area contributed by atoms with Gasteiger partial charge in [0.1, 0.15) is 22.3 Å². The van der Waals surface area contributed by atoms with Crippen molar-refractivity contribution < 1.29 is 8.83 Å². The topological polar surface area (TPSA) is 36.1 Å². The molecule has 0 aliphatic heterocycles. The third-order valence-corrected chi connectivity index (χ3v) is 10.9. The number of para-hydroxylation sites is 5. The third-order valence-electron chi connectivity index (χ3n) is 10.9. The predicted octanol–water partition coefficient (Wildman–Crippen LogP) is 13.3. The average Bonchev–Trinajstić information content (AvgIpc) is 3.95. The molecule has 12 aromatic rings. The molecule has 12 rings (SSSR count). The van der Waals surface area contributed by atoms with Crippen molar-refractivity contribution in [2.45, 2.75) is 0 Å². The lowest BCUT2D eigenvalue weighted by Gasteiger charge is -2.09. The van der Waals surface area contributed by atoms with Gasteiger partial charge in [0.05, 0.1) is 22.1 Å². The van der Waals surface area contributed by atoms with E-state index >= 15 is 0 Å². The standard InChI is InChI=1S/C48H28N2O2/c1-2-12-29(13-3-1)49-38-20-7-4-14-34(38)46-40(49)25-26-41-47(46)35-15-5-8-21-39(35)50(41)30-24-27-43-37(28-30)33-19-10-18-32(48(33)52-43)31-17-11-23-44-45(31)36-16-6-9-22-42(36)51-44/h1-28H. The average molecular weight is 665 g/mol. The summed E-state index contributed by atoms with van der Waals surface area (Å²) in [6.07, 6.45) is 0. The summed E-state index contributed by atoms with van der Waals surface area (Å²) in [5.41, 5.74) is 12.7. The summed E-state index contributed by atoms with van der Waals surface area (Å²) in [7, 11) is 0. The van der Waals surface area contributed by atoms with Crippen LogP contribution in [-0.4, -0.2) is 9.13 Å². The molecule has 0 saturated carbocycles. The molecule has 52 heavy (non-hydrogen) atoms. The van der Waals surface area contributed by atoms with Gasteiger partial charge in [-0.15, -0.1) is 0 Å². The second-order valence-corrected chi connectivity index (χ2v) is 13.6. The number of furan rings is 2. The van der Waals surface area contributed by atoms with E-state index in [4.69, 9.17) is 8.83 Å². The van der Waals surface area contributed by atoms with Gasteiger partial charge in [0.25, 0.3) is 0 Å². The number of benzene rings is 8. The van der Waals surface area contributed by atoms with Crippen LogP contribution in [0.15, 0.2) is 179 Å². The molecule has 0 saturated heterocycles. The highest BCUT2D eigenvalue weighted by Gasteiger charge is 2.22. The van der Waals surface area contributed by atoms with Crippen LogP contribution in [0.4, 0.5) is 0 Å². The van der Waals surface area contributed by atoms with Gasteiger partial charge < -0.3 is 18.0 Å². The van der Waals surface area contributed by atoms with Crippen molar-refractivity contribution in [3.05, 3.63) is 170 Å². The highest BCUT2D eigenvalue weighted by Crippen LogP contribution is 2.45. The number of rotatable bonds is 3. The van der Waals surface area contributed by atoms with Crippen molar-refractivity contribution in [1.82, 2.24) is 9.13 Å². The van der Waals surface area contributed by atoms with E-state index in [-0.39, 0.29) is 0 Å². The van der Waals surface area contributed by atoms with Crippen LogP contribution in [-0.2, 0) is 0 Å². The van der Waals surface area contributed by atoms with E-state index < -0.39 is 0 Å². The summed E-state index contributed by atoms with van der Waals surface area (Å²) in [6, 6.07) is 60.4. The minimum Gasteiger partial charge on any atom is -0.456 e. The highest BCUT2D eigenvalue weighted by molar-refractivity contribution is 6.29. The van der Waals surface area contributed by atoms with Crippen LogP contribution in [0.2, 0.25) is 0 Å². The molecule has 0 radical (unpaired) electrons. The van der Waals surface area contributed by atoms with E-state index in [9.17, 15) is 0 Å². The Morgan fingerprint density at radius 3 is 1.65 bits per heavy atom. The Morgan fingerprint density at radius 1 is 0.308 bits per heavy atom. The first-order chi connectivity index (χ1) is 25.8. The minimum absolute atomic E-state index is 0.865. The SMILES string of the molecule is c1ccc(-n2c3ccccc3c3c4c5ccccc5n(-c5ccc6oc7c(-c8cccc9oc%10ccccc%10c89)cccc7c6c5)c4ccc32)cc1. The molecule has 0 fully saturated rings. The number of hydrogen-bond donors (Lipinski definition) is 0. The molecule has 4 heterocycles. The maximum Gasteiger partial charge on any atom is 0.143 e. The molecule has 0 unspecified atom stereocenters. The predicted molar refractivity (Wildman–Crippen MR) is 215 cm³/mol. The first-order valence-corrected chi connectivity index (χ1v) is 17.7. The van der Waals surface area contributed by atoms with Crippen LogP contribution in [0.25, 0.3) is 110 Å². The second-order valence-electron chi connectivity index (χ2n) is 13.6. The van der Waals surface area contributed by atoms with Gasteiger partial charge in [0.15, 0.2) is 0 Å². The molecule has 0 spiro atoms. The van der Waals surface area contributed by atoms with Gasteiger partial charge in [-0.05, 0) is 72.3 Å². The van der Waals surface area contributed by atoms with Gasteiger partial charge in [0.2, 0.25) is 0 Å². The summed E-state index contributed by atoms with van der Waals surface area (Å²) < 4.78 is 17.8. The molecule has 0 aliphatic carbocycles. The first kappa shape index (κ1) is 27.7. The lowest BCUT2D eigenvalue weighted by Crippen LogP contribution is -1.94. The van der Waals surface area contributed by atoms with Crippen molar-refractivity contribution in [3.8, 4) is 22.5 Å². The minimum atomic E-state index is 0.865. The molecule has 0 amide bonds. The molecule has 4 heteroatoms. The molecular weight excluding hydrogens is 637 g/mol. The zero-order valence-electron chi connectivity index (χ0n) is 27.9. The molecule has 0 N–H and O–H groups in total. The van der Waals surface area contributed by atoms with E-state index in [1.807, 2.05) is 18.2 Å². The molecule has 8 aromatic carbocycles. The highest BCUT2D eigenvalue weighted by atomic mass is 16.3. The largest absolute Gasteiger partial charge is 0.456 e. The van der Waals surface area contributed by atoms with Crippen LogP contribution in [0, 0.1) is 0 Å². The Hall–Kier alpha value is -7.04. The quantitative estimate of drug-likeness (QED) is 0.188. The van der Waals surface area contributed by atoms with Crippen LogP contribution >= 0.6 is 0 Å². The molecular formula is C48H28N2O2. The Kier molecular flexibility index (Phi) is 5.47. The lowest BCUT2D eigenvalue weighted by atomic mass is 9.97. The number of aromatic nitrogens is 2. The third kappa shape index (κ3) is 3.65. The Bertz CT molecular complexity index is 3410. The van der Waals surface area contributed by atoms with Gasteiger partial charge in [-0.3, -0.25) is 0 Å². The van der Waals surface area contributed by atoms with Crippen molar-refractivity contribution >= 4 is 87.5 Å². The van der Waals surface area contributed by atoms with E-state index in [1.54, 1.807) is 0 Å². The van der Waals surface area contributed by atoms with Gasteiger partial charge in [0, 0.05) is 60.0 Å². The molecule has 0 bridgehead atoms. The van der Waals surface area contributed by atoms with Crippen LogP contribution in [0.1, 0.15) is 0 Å². The molecule has 0 atom stereocenters. The Labute approximate surface area is 296 Å². The maximum absolute atomic E-state index is 6.73. The maximum atomic E-state index is 6.73. The summed E-state index contributed by atoms with van der Waals surface area (Å²) in [4.78, 5) is 0. The van der Waals surface area contributed by atoms with E-state index in [0.717, 1.165) is 66.4 Å². The van der Waals surface area contributed by atoms with Crippen molar-refractivity contribution in [2.24, 2.45) is 0 Å². The lowest BCUT2D eigenvalue weighted by molar-refractivity contribution is 0.668. The summed E-state index contributed by atoms with van der Waals surface area (Å²) in [5.74, 6) is 0. The van der Waals surface area contributed by atoms with Crippen LogP contribution in [0.3, 0.4) is 0 Å². The van der Waals surface area contributed by atoms with Gasteiger partial charge in [-0.1, -0.05) is 103 Å². The van der Waals surface area contributed by atoms with E-state index in [2.05, 4.69) is 161 Å². The van der Waals surface area contributed by atoms with Crippen molar-refractivity contribution in [1.29, 1.82) is 0 Å². The number of fused-ring (bicyclic) bond motifs is 13. The molecule has 4 nitrogen and oxygen atoms in total. The van der Waals surface area contributed by atoms with E-state index in [1.165, 1.54) is 43.6 Å². The summed E-state index contributed by atoms with van der Waals surface area (Å²) >= 11 is 0. The zero-order valence-corrected chi connectivity index (χ0v) is 27.9. The van der Waals surface area contributed by atoms with Gasteiger partial charge in [-0.2, -0.15) is 0 Å². The van der Waals surface area contributed by atoms with Gasteiger partial charge >= 0.3 is 0 Å². The first-order valence-electron chi connectivity index (χ1n) is 17.7. The van der Waals surface area contributed by atoms with Crippen molar-refractivity contribution in [2.75, 3.05) is 0 Å². The number of hydrogen-bond acceptors (Lipinski definition) is 2. The zero-order chi connectivity index (χ0) is 33.9. The molecule has 4 aromatic heterocycles. The molecule has 0 aliphatic rings. The van der Waals surface area contributed by atoms with Crippen molar-refractivity contribution in [3.63, 3.8) is 0 Å². The fourth-order valence-electron chi connectivity index (χ4n) is 8.79. The smallest absolute Gasteiger partial charge is 0.143 e. The Balaban J connectivity index is 1.12. The monoisotopic (exact) mass is 664 g/mol. The number of nitrogens with zero attached hydrogens (tertiary/aromatic N) is 2. The van der Waals surface area contributed by atoms with E-state index in [0.29, 0.717) is 0 Å². The fourth-order valence-corrected chi connectivity index (χ4v) is 8.79. The van der Waals surface area contributed by atoms with Crippen LogP contribution < -0.4 is 0 Å². The normalized spacial score (nSPS) is 12.2.